The molecule has 0 aromatic rings. The third-order valence-electron chi connectivity index (χ3n) is 2.32. The van der Waals surface area contributed by atoms with Gasteiger partial charge in [-0.15, -0.1) is 0 Å². The van der Waals surface area contributed by atoms with Gasteiger partial charge in [-0.3, -0.25) is 9.91 Å². The number of rotatable bonds is 3. The van der Waals surface area contributed by atoms with Gasteiger partial charge in [0.1, 0.15) is 6.34 Å². The van der Waals surface area contributed by atoms with Crippen molar-refractivity contribution in [1.29, 1.82) is 0 Å². The molecule has 1 unspecified atom stereocenters. The molecule has 3 nitrogen and oxygen atoms in total. The summed E-state index contributed by atoms with van der Waals surface area (Å²) in [7, 11) is 0. The van der Waals surface area contributed by atoms with Crippen molar-refractivity contribution in [3.8, 4) is 0 Å². The van der Waals surface area contributed by atoms with Crippen LogP contribution < -0.4 is 0 Å². The van der Waals surface area contributed by atoms with Crippen molar-refractivity contribution in [2.45, 2.75) is 35.5 Å². The summed E-state index contributed by atoms with van der Waals surface area (Å²) in [4.78, 5) is 0.251. The Labute approximate surface area is 120 Å². The van der Waals surface area contributed by atoms with Crippen molar-refractivity contribution in [2.24, 2.45) is 5.10 Å². The number of halogens is 8. The fourth-order valence-corrected chi connectivity index (χ4v) is 1.92. The van der Waals surface area contributed by atoms with E-state index in [0.717, 1.165) is 0 Å². The predicted molar refractivity (Wildman–Crippen MR) is 62.4 cm³/mol. The van der Waals surface area contributed by atoms with E-state index in [-0.39, 0.29) is 11.4 Å². The van der Waals surface area contributed by atoms with Crippen molar-refractivity contribution in [2.75, 3.05) is 6.54 Å². The minimum absolute atomic E-state index is 0.135. The molecule has 1 rings (SSSR count). The van der Waals surface area contributed by atoms with E-state index >= 15 is 0 Å². The highest BCUT2D eigenvalue weighted by atomic mass is 35.6. The van der Waals surface area contributed by atoms with Crippen LogP contribution >= 0.6 is 34.8 Å². The second kappa shape index (κ2) is 5.29. The maximum absolute atomic E-state index is 13.5. The fourth-order valence-electron chi connectivity index (χ4n) is 1.51. The predicted octanol–water partition coefficient (Wildman–Crippen LogP) is 3.81. The molecule has 0 amide bonds. The molecule has 112 valence electrons. The van der Waals surface area contributed by atoms with Crippen molar-refractivity contribution in [1.82, 2.24) is 9.91 Å². The van der Waals surface area contributed by atoms with Crippen LogP contribution in [0.3, 0.4) is 0 Å². The lowest BCUT2D eigenvalue weighted by atomic mass is 10.2. The molecule has 1 aliphatic heterocycles. The largest absolute Gasteiger partial charge is 0.457 e. The van der Waals surface area contributed by atoms with Crippen LogP contribution in [-0.2, 0) is 0 Å². The van der Waals surface area contributed by atoms with Crippen molar-refractivity contribution < 1.29 is 22.0 Å². The molecule has 1 atom stereocenters. The molecule has 0 saturated heterocycles. The van der Waals surface area contributed by atoms with E-state index in [1.165, 1.54) is 0 Å². The minimum atomic E-state index is -5.79. The minimum Gasteiger partial charge on any atom is -0.289 e. The van der Waals surface area contributed by atoms with Crippen LogP contribution in [0.4, 0.5) is 22.0 Å². The molecule has 1 heterocycles. The molecule has 0 spiro atoms. The van der Waals surface area contributed by atoms with E-state index < -0.39 is 22.2 Å². The standard InChI is InChI=1S/C8H9Cl3F5N3/c1-2-3-19-5(6(12,13)7(14,15)16)18(4-17-19)8(9,10)11/h4-5H,2-3H2,1H3. The first kappa shape index (κ1) is 16.8. The van der Waals surface area contributed by atoms with Crippen molar-refractivity contribution in [3.63, 3.8) is 0 Å². The zero-order valence-electron chi connectivity index (χ0n) is 9.43. The smallest absolute Gasteiger partial charge is 0.289 e. The number of hydrazone groups is 1. The highest BCUT2D eigenvalue weighted by Crippen LogP contribution is 2.46. The molecule has 0 fully saturated rings. The van der Waals surface area contributed by atoms with Gasteiger partial charge in [0.15, 0.2) is 6.17 Å². The van der Waals surface area contributed by atoms with E-state index in [4.69, 9.17) is 34.8 Å². The molecule has 1 aliphatic rings. The van der Waals surface area contributed by atoms with Crippen LogP contribution in [0.25, 0.3) is 0 Å². The molecule has 0 bridgehead atoms. The molecular weight excluding hydrogens is 339 g/mol. The van der Waals surface area contributed by atoms with E-state index in [9.17, 15) is 22.0 Å². The lowest BCUT2D eigenvalue weighted by molar-refractivity contribution is -0.314. The molecule has 0 aromatic heterocycles. The molecular formula is C8H9Cl3F5N3. The maximum atomic E-state index is 13.5. The average Bonchev–Trinajstić information content (AvgIpc) is 2.60. The van der Waals surface area contributed by atoms with Gasteiger partial charge < -0.3 is 0 Å². The quantitative estimate of drug-likeness (QED) is 0.439. The molecule has 0 aromatic carbocycles. The summed E-state index contributed by atoms with van der Waals surface area (Å²) in [6.07, 6.45) is -7.35. The summed E-state index contributed by atoms with van der Waals surface area (Å²) in [6, 6.07) is 0. The Balaban J connectivity index is 3.15. The van der Waals surface area contributed by atoms with Gasteiger partial charge >= 0.3 is 12.1 Å². The van der Waals surface area contributed by atoms with Crippen LogP contribution in [0.15, 0.2) is 5.10 Å². The third kappa shape index (κ3) is 3.28. The number of alkyl halides is 8. The highest BCUT2D eigenvalue weighted by Gasteiger charge is 2.68. The molecule has 0 N–H and O–H groups in total. The first-order valence-electron chi connectivity index (χ1n) is 5.03. The summed E-state index contributed by atoms with van der Waals surface area (Å²) in [5.74, 6) is -5.11. The Morgan fingerprint density at radius 3 is 2.05 bits per heavy atom. The van der Waals surface area contributed by atoms with E-state index in [1.807, 2.05) is 0 Å². The van der Waals surface area contributed by atoms with E-state index in [0.29, 0.717) is 17.8 Å². The summed E-state index contributed by atoms with van der Waals surface area (Å²) < 4.78 is 62.0. The summed E-state index contributed by atoms with van der Waals surface area (Å²) >= 11 is 16.2. The topological polar surface area (TPSA) is 18.8 Å². The monoisotopic (exact) mass is 347 g/mol. The lowest BCUT2D eigenvalue weighted by Crippen LogP contribution is -2.61. The Morgan fingerprint density at radius 2 is 1.68 bits per heavy atom. The second-order valence-electron chi connectivity index (χ2n) is 3.76. The molecule has 0 saturated carbocycles. The molecule has 0 aliphatic carbocycles. The highest BCUT2D eigenvalue weighted by molar-refractivity contribution is 6.67. The maximum Gasteiger partial charge on any atom is 0.457 e. The summed E-state index contributed by atoms with van der Waals surface area (Å²) in [6.45, 7) is 1.46. The normalized spacial score (nSPS) is 21.4. The Bertz CT molecular complexity index is 355. The van der Waals surface area contributed by atoms with Gasteiger partial charge in [0.05, 0.1) is 0 Å². The van der Waals surface area contributed by atoms with Gasteiger partial charge in [-0.25, -0.2) is 0 Å². The van der Waals surface area contributed by atoms with Crippen LogP contribution in [0.1, 0.15) is 13.3 Å². The Kier molecular flexibility index (Phi) is 4.69. The molecule has 11 heteroatoms. The van der Waals surface area contributed by atoms with Crippen LogP contribution in [0.5, 0.6) is 0 Å². The first-order valence-corrected chi connectivity index (χ1v) is 6.16. The van der Waals surface area contributed by atoms with Crippen LogP contribution in [0, 0.1) is 0 Å². The summed E-state index contributed by atoms with van der Waals surface area (Å²) in [5.41, 5.74) is 0. The van der Waals surface area contributed by atoms with E-state index in [1.54, 1.807) is 6.92 Å². The SMILES string of the molecule is CCCN1N=CN(C(Cl)(Cl)Cl)C1C(F)(F)C(F)(F)F. The average molecular weight is 349 g/mol. The van der Waals surface area contributed by atoms with Gasteiger partial charge in [-0.1, -0.05) is 41.7 Å². The summed E-state index contributed by atoms with van der Waals surface area (Å²) in [5, 5.41) is 3.99. The van der Waals surface area contributed by atoms with Gasteiger partial charge in [-0.05, 0) is 6.42 Å². The van der Waals surface area contributed by atoms with Gasteiger partial charge in [0.25, 0.3) is 3.92 Å². The fraction of sp³-hybridized carbons (Fsp3) is 0.875. The van der Waals surface area contributed by atoms with Gasteiger partial charge in [-0.2, -0.15) is 27.1 Å². The second-order valence-corrected chi connectivity index (χ2v) is 5.98. The van der Waals surface area contributed by atoms with Crippen molar-refractivity contribution in [3.05, 3.63) is 0 Å². The first-order chi connectivity index (χ1) is 8.43. The third-order valence-corrected chi connectivity index (χ3v) is 2.90. The van der Waals surface area contributed by atoms with E-state index in [2.05, 4.69) is 5.10 Å². The zero-order chi connectivity index (χ0) is 15.1. The van der Waals surface area contributed by atoms with Gasteiger partial charge in [0, 0.05) is 6.54 Å². The number of hydrogen-bond donors (Lipinski definition) is 0. The number of hydrogen-bond acceptors (Lipinski definition) is 3. The number of nitrogens with zero attached hydrogens (tertiary/aromatic N) is 3. The Hall–Kier alpha value is -0.210. The van der Waals surface area contributed by atoms with Gasteiger partial charge in [0.2, 0.25) is 0 Å². The van der Waals surface area contributed by atoms with Crippen LogP contribution in [-0.4, -0.2) is 45.0 Å². The zero-order valence-corrected chi connectivity index (χ0v) is 11.7. The van der Waals surface area contributed by atoms with Crippen molar-refractivity contribution >= 4 is 41.1 Å². The lowest BCUT2D eigenvalue weighted by Gasteiger charge is -2.39. The molecule has 0 radical (unpaired) electrons. The molecule has 19 heavy (non-hydrogen) atoms. The van der Waals surface area contributed by atoms with Crippen LogP contribution in [0.2, 0.25) is 0 Å². The Morgan fingerprint density at radius 1 is 1.16 bits per heavy atom.